The normalized spacial score (nSPS) is 25.3. The standard InChI is InChI=1S/C11H11BrClNO2/c12-8-3-1-2-6(10(8)13)7-4-5-9(15)14-11(7)16/h1-3,7,11,16H,4-5H2,(H,14,15). The summed E-state index contributed by atoms with van der Waals surface area (Å²) in [5.74, 6) is -0.252. The highest BCUT2D eigenvalue weighted by atomic mass is 79.9. The van der Waals surface area contributed by atoms with Gasteiger partial charge in [0.25, 0.3) is 0 Å². The van der Waals surface area contributed by atoms with Crippen LogP contribution in [-0.4, -0.2) is 17.2 Å². The first-order valence-electron chi connectivity index (χ1n) is 5.01. The number of piperidine rings is 1. The average Bonchev–Trinajstić information content (AvgIpc) is 2.23. The molecule has 2 N–H and O–H groups in total. The van der Waals surface area contributed by atoms with Crippen LogP contribution in [-0.2, 0) is 4.79 Å². The lowest BCUT2D eigenvalue weighted by Gasteiger charge is -2.29. The van der Waals surface area contributed by atoms with Crippen molar-refractivity contribution in [3.05, 3.63) is 33.3 Å². The summed E-state index contributed by atoms with van der Waals surface area (Å²) in [4.78, 5) is 11.1. The summed E-state index contributed by atoms with van der Waals surface area (Å²) in [5, 5.41) is 12.9. The van der Waals surface area contributed by atoms with Crippen molar-refractivity contribution in [1.82, 2.24) is 5.32 Å². The Bertz CT molecular complexity index is 424. The van der Waals surface area contributed by atoms with E-state index < -0.39 is 6.23 Å². The summed E-state index contributed by atoms with van der Waals surface area (Å²) in [5.41, 5.74) is 0.864. The molecular formula is C11H11BrClNO2. The second-order valence-electron chi connectivity index (χ2n) is 3.80. The number of aliphatic hydroxyl groups is 1. The van der Waals surface area contributed by atoms with E-state index in [1.807, 2.05) is 18.2 Å². The van der Waals surface area contributed by atoms with Crippen molar-refractivity contribution in [2.75, 3.05) is 0 Å². The Kier molecular flexibility index (Phi) is 3.52. The zero-order valence-electron chi connectivity index (χ0n) is 8.41. The molecule has 5 heteroatoms. The van der Waals surface area contributed by atoms with Crippen LogP contribution in [0.3, 0.4) is 0 Å². The highest BCUT2D eigenvalue weighted by Crippen LogP contribution is 2.35. The van der Waals surface area contributed by atoms with Gasteiger partial charge in [0.05, 0.1) is 5.02 Å². The largest absolute Gasteiger partial charge is 0.373 e. The predicted octanol–water partition coefficient (Wildman–Crippen LogP) is 2.41. The van der Waals surface area contributed by atoms with Crippen molar-refractivity contribution in [3.8, 4) is 0 Å². The molecule has 0 aromatic heterocycles. The van der Waals surface area contributed by atoms with Crippen LogP contribution in [0.2, 0.25) is 5.02 Å². The van der Waals surface area contributed by atoms with Crippen LogP contribution in [0.25, 0.3) is 0 Å². The molecule has 2 rings (SSSR count). The third-order valence-electron chi connectivity index (χ3n) is 2.75. The van der Waals surface area contributed by atoms with Crippen molar-refractivity contribution in [3.63, 3.8) is 0 Å². The lowest BCUT2D eigenvalue weighted by molar-refractivity contribution is -0.127. The number of benzene rings is 1. The first kappa shape index (κ1) is 11.9. The van der Waals surface area contributed by atoms with Gasteiger partial charge < -0.3 is 10.4 Å². The van der Waals surface area contributed by atoms with E-state index in [9.17, 15) is 9.90 Å². The summed E-state index contributed by atoms with van der Waals surface area (Å²) in [7, 11) is 0. The first-order valence-corrected chi connectivity index (χ1v) is 6.18. The Hall–Kier alpha value is -0.580. The lowest BCUT2D eigenvalue weighted by atomic mass is 9.89. The lowest BCUT2D eigenvalue weighted by Crippen LogP contribution is -2.43. The number of hydrogen-bond acceptors (Lipinski definition) is 2. The van der Waals surface area contributed by atoms with Crippen molar-refractivity contribution >= 4 is 33.4 Å². The minimum Gasteiger partial charge on any atom is -0.373 e. The molecule has 0 saturated carbocycles. The summed E-state index contributed by atoms with van der Waals surface area (Å²) < 4.78 is 0.802. The van der Waals surface area contributed by atoms with Gasteiger partial charge in [-0.05, 0) is 34.0 Å². The molecule has 3 nitrogen and oxygen atoms in total. The van der Waals surface area contributed by atoms with E-state index in [0.717, 1.165) is 10.0 Å². The topological polar surface area (TPSA) is 49.3 Å². The average molecular weight is 305 g/mol. The zero-order valence-corrected chi connectivity index (χ0v) is 10.8. The van der Waals surface area contributed by atoms with E-state index in [-0.39, 0.29) is 11.8 Å². The minimum atomic E-state index is -0.854. The van der Waals surface area contributed by atoms with E-state index in [0.29, 0.717) is 17.9 Å². The van der Waals surface area contributed by atoms with Gasteiger partial charge in [0.2, 0.25) is 5.91 Å². The number of nitrogens with one attached hydrogen (secondary N) is 1. The van der Waals surface area contributed by atoms with Gasteiger partial charge in [-0.2, -0.15) is 0 Å². The molecule has 0 bridgehead atoms. The highest BCUT2D eigenvalue weighted by Gasteiger charge is 2.29. The van der Waals surface area contributed by atoms with Crippen molar-refractivity contribution in [1.29, 1.82) is 0 Å². The van der Waals surface area contributed by atoms with Gasteiger partial charge >= 0.3 is 0 Å². The maximum atomic E-state index is 11.1. The molecule has 0 radical (unpaired) electrons. The predicted molar refractivity (Wildman–Crippen MR) is 65.3 cm³/mol. The van der Waals surface area contributed by atoms with Crippen LogP contribution in [0.15, 0.2) is 22.7 Å². The van der Waals surface area contributed by atoms with Crippen molar-refractivity contribution in [2.24, 2.45) is 0 Å². The molecule has 1 fully saturated rings. The van der Waals surface area contributed by atoms with Gasteiger partial charge in [0.1, 0.15) is 6.23 Å². The molecule has 1 aliphatic heterocycles. The molecule has 1 amide bonds. The highest BCUT2D eigenvalue weighted by molar-refractivity contribution is 9.10. The van der Waals surface area contributed by atoms with Crippen LogP contribution >= 0.6 is 27.5 Å². The van der Waals surface area contributed by atoms with Gasteiger partial charge in [-0.25, -0.2) is 0 Å². The molecule has 1 aliphatic rings. The van der Waals surface area contributed by atoms with E-state index in [2.05, 4.69) is 21.2 Å². The monoisotopic (exact) mass is 303 g/mol. The fourth-order valence-electron chi connectivity index (χ4n) is 1.91. The third-order valence-corrected chi connectivity index (χ3v) is 4.06. The summed E-state index contributed by atoms with van der Waals surface area (Å²) in [6.45, 7) is 0. The molecule has 1 saturated heterocycles. The molecule has 1 aromatic rings. The summed E-state index contributed by atoms with van der Waals surface area (Å²) in [6.07, 6.45) is 0.182. The smallest absolute Gasteiger partial charge is 0.222 e. The zero-order chi connectivity index (χ0) is 11.7. The quantitative estimate of drug-likeness (QED) is 0.837. The Balaban J connectivity index is 2.30. The Labute approximate surface area is 107 Å². The van der Waals surface area contributed by atoms with Gasteiger partial charge in [-0.1, -0.05) is 23.7 Å². The molecular weight excluding hydrogens is 293 g/mol. The van der Waals surface area contributed by atoms with Gasteiger partial charge in [0, 0.05) is 16.8 Å². The molecule has 0 spiro atoms. The number of amides is 1. The fraction of sp³-hybridized carbons (Fsp3) is 0.364. The van der Waals surface area contributed by atoms with Crippen molar-refractivity contribution in [2.45, 2.75) is 25.0 Å². The first-order chi connectivity index (χ1) is 7.59. The molecule has 86 valence electrons. The minimum absolute atomic E-state index is 0.116. The van der Waals surface area contributed by atoms with E-state index in [1.165, 1.54) is 0 Å². The second kappa shape index (κ2) is 4.73. The third kappa shape index (κ3) is 2.24. The van der Waals surface area contributed by atoms with Crippen LogP contribution in [0.5, 0.6) is 0 Å². The molecule has 1 aromatic carbocycles. The second-order valence-corrected chi connectivity index (χ2v) is 5.03. The molecule has 1 heterocycles. The number of rotatable bonds is 1. The van der Waals surface area contributed by atoms with Crippen LogP contribution in [0.4, 0.5) is 0 Å². The maximum absolute atomic E-state index is 11.1. The Morgan fingerprint density at radius 2 is 2.25 bits per heavy atom. The SMILES string of the molecule is O=C1CCC(c2cccc(Br)c2Cl)C(O)N1. The molecule has 2 atom stereocenters. The van der Waals surface area contributed by atoms with Crippen molar-refractivity contribution < 1.29 is 9.90 Å². The Morgan fingerprint density at radius 3 is 2.94 bits per heavy atom. The van der Waals surface area contributed by atoms with Crippen LogP contribution < -0.4 is 5.32 Å². The number of hydrogen-bond donors (Lipinski definition) is 2. The van der Waals surface area contributed by atoms with E-state index in [4.69, 9.17) is 11.6 Å². The van der Waals surface area contributed by atoms with Crippen LogP contribution in [0, 0.1) is 0 Å². The Morgan fingerprint density at radius 1 is 1.50 bits per heavy atom. The van der Waals surface area contributed by atoms with Gasteiger partial charge in [0.15, 0.2) is 0 Å². The molecule has 16 heavy (non-hydrogen) atoms. The van der Waals surface area contributed by atoms with Crippen LogP contribution in [0.1, 0.15) is 24.3 Å². The number of carbonyl (C=O) groups excluding carboxylic acids is 1. The maximum Gasteiger partial charge on any atom is 0.222 e. The summed E-state index contributed by atoms with van der Waals surface area (Å²) >= 11 is 9.50. The van der Waals surface area contributed by atoms with Gasteiger partial charge in [-0.3, -0.25) is 4.79 Å². The van der Waals surface area contributed by atoms with Gasteiger partial charge in [-0.15, -0.1) is 0 Å². The number of aliphatic hydroxyl groups excluding tert-OH is 1. The fourth-order valence-corrected chi connectivity index (χ4v) is 2.56. The number of halogens is 2. The van der Waals surface area contributed by atoms with E-state index in [1.54, 1.807) is 0 Å². The molecule has 2 unspecified atom stereocenters. The van der Waals surface area contributed by atoms with E-state index >= 15 is 0 Å². The summed E-state index contributed by atoms with van der Waals surface area (Å²) in [6, 6.07) is 5.59. The number of carbonyl (C=O) groups is 1. The molecule has 0 aliphatic carbocycles.